The zero-order chi connectivity index (χ0) is 72.7. The number of aryl methyl sites for hydroxylation is 21. The fourth-order valence-electron chi connectivity index (χ4n) is 12.7. The summed E-state index contributed by atoms with van der Waals surface area (Å²) in [4.78, 5) is 0. The van der Waals surface area contributed by atoms with Gasteiger partial charge in [-0.1, -0.05) is 65.7 Å². The molecule has 0 saturated heterocycles. The van der Waals surface area contributed by atoms with Gasteiger partial charge in [0.1, 0.15) is 42.3 Å². The van der Waals surface area contributed by atoms with Gasteiger partial charge in [0.05, 0.1) is 16.7 Å². The summed E-state index contributed by atoms with van der Waals surface area (Å²) in [7, 11) is 12.4. The van der Waals surface area contributed by atoms with E-state index in [0.29, 0.717) is 5.56 Å². The van der Waals surface area contributed by atoms with Crippen molar-refractivity contribution in [2.24, 2.45) is 42.3 Å². The first kappa shape index (κ1) is 69.1. The van der Waals surface area contributed by atoms with Gasteiger partial charge in [0.2, 0.25) is 34.2 Å². The highest BCUT2D eigenvalue weighted by molar-refractivity contribution is 5.70. The summed E-state index contributed by atoms with van der Waals surface area (Å²) in [5.41, 5.74) is 37.8. The Balaban J connectivity index is 0.000000167. The summed E-state index contributed by atoms with van der Waals surface area (Å²) in [6.07, 6.45) is 12.4. The molecule has 0 atom stereocenters. The van der Waals surface area contributed by atoms with E-state index in [4.69, 9.17) is 4.11 Å². The van der Waals surface area contributed by atoms with Crippen molar-refractivity contribution in [3.8, 4) is 67.5 Å². The monoisotopic (exact) mass is 1280 g/mol. The van der Waals surface area contributed by atoms with Crippen LogP contribution in [-0.2, 0) is 42.3 Å². The van der Waals surface area contributed by atoms with Gasteiger partial charge in [-0.25, -0.2) is 27.4 Å². The van der Waals surface area contributed by atoms with Crippen molar-refractivity contribution >= 4 is 0 Å². The molecule has 0 saturated carbocycles. The van der Waals surface area contributed by atoms with Crippen LogP contribution in [-0.4, -0.2) is 0 Å². The molecule has 6 aromatic carbocycles. The van der Waals surface area contributed by atoms with E-state index in [1.165, 1.54) is 140 Å². The second-order valence-corrected chi connectivity index (χ2v) is 26.3. The molecule has 0 spiro atoms. The van der Waals surface area contributed by atoms with E-state index in [1.54, 1.807) is 6.07 Å². The van der Waals surface area contributed by atoms with Crippen LogP contribution in [0.2, 0.25) is 0 Å². The Morgan fingerprint density at radius 2 is 0.490 bits per heavy atom. The van der Waals surface area contributed by atoms with Gasteiger partial charge in [0, 0.05) is 93.6 Å². The lowest BCUT2D eigenvalue weighted by Gasteiger charge is -2.10. The topological polar surface area (TPSA) is 23.3 Å². The highest BCUT2D eigenvalue weighted by atomic mass is 14.9. The summed E-state index contributed by atoms with van der Waals surface area (Å²) in [6, 6.07) is 63.7. The summed E-state index contributed by atoms with van der Waals surface area (Å²) < 4.78 is 35.6. The van der Waals surface area contributed by atoms with Gasteiger partial charge in [-0.3, -0.25) is 0 Å². The molecule has 0 bridgehead atoms. The summed E-state index contributed by atoms with van der Waals surface area (Å²) in [5.74, 6) is 0. The van der Waals surface area contributed by atoms with E-state index < -0.39 is 6.85 Å². The highest BCUT2D eigenvalue weighted by Crippen LogP contribution is 2.31. The van der Waals surface area contributed by atoms with Crippen LogP contribution in [0.1, 0.15) is 104 Å². The molecule has 0 amide bonds. The van der Waals surface area contributed by atoms with Crippen molar-refractivity contribution in [3.05, 3.63) is 319 Å². The average molecular weight is 1280 g/mol. The number of pyridine rings is 6. The molecule has 0 unspecified atom stereocenters. The molecule has 6 aromatic heterocycles. The molecule has 12 rings (SSSR count). The van der Waals surface area contributed by atoms with E-state index in [1.807, 2.05) is 55.9 Å². The molecule has 0 radical (unpaired) electrons. The van der Waals surface area contributed by atoms with E-state index in [0.717, 1.165) is 22.4 Å². The fourth-order valence-corrected chi connectivity index (χ4v) is 12.7. The third-order valence-corrected chi connectivity index (χ3v) is 18.7. The van der Waals surface area contributed by atoms with Crippen molar-refractivity contribution < 1.29 is 31.5 Å². The Hall–Kier alpha value is -9.78. The predicted octanol–water partition coefficient (Wildman–Crippen LogP) is 18.6. The minimum Gasteiger partial charge on any atom is -0.201 e. The number of aromatic nitrogens is 6. The maximum Gasteiger partial charge on any atom is 0.212 e. The first-order valence-corrected chi connectivity index (χ1v) is 33.5. The Bertz CT molecular complexity index is 4700. The molecule has 0 fully saturated rings. The van der Waals surface area contributed by atoms with Gasteiger partial charge in [0.25, 0.3) is 0 Å². The quantitative estimate of drug-likeness (QED) is 0.148. The largest absolute Gasteiger partial charge is 0.212 e. The molecule has 0 aliphatic carbocycles. The Labute approximate surface area is 582 Å². The van der Waals surface area contributed by atoms with Gasteiger partial charge in [-0.05, 0) is 268 Å². The first-order valence-electron chi connectivity index (χ1n) is 35.0. The number of rotatable bonds is 6. The van der Waals surface area contributed by atoms with Crippen molar-refractivity contribution in [1.29, 1.82) is 0 Å². The van der Waals surface area contributed by atoms with E-state index in [2.05, 4.69) is 345 Å². The van der Waals surface area contributed by atoms with E-state index >= 15 is 0 Å². The summed E-state index contributed by atoms with van der Waals surface area (Å²) in [5, 5.41) is 0. The number of hydrogen-bond donors (Lipinski definition) is 0. The lowest BCUT2D eigenvalue weighted by atomic mass is 9.95. The Kier molecular flexibility index (Phi) is 24.1. The maximum atomic E-state index is 7.56. The number of hydrogen-bond acceptors (Lipinski definition) is 0. The molecule has 12 aromatic rings. The second-order valence-electron chi connectivity index (χ2n) is 26.3. The zero-order valence-corrected chi connectivity index (χ0v) is 62.0. The van der Waals surface area contributed by atoms with Crippen LogP contribution in [0.3, 0.4) is 0 Å². The Morgan fingerprint density at radius 3 is 0.844 bits per heavy atom. The fraction of sp³-hybridized carbons (Fsp3) is 0.267. The van der Waals surface area contributed by atoms with Crippen LogP contribution in [0.4, 0.5) is 0 Å². The third-order valence-electron chi connectivity index (χ3n) is 18.7. The predicted molar refractivity (Wildman–Crippen MR) is 404 cm³/mol. The Morgan fingerprint density at radius 1 is 0.208 bits per heavy atom. The molecular weight excluding hydrogens is 1170 g/mol. The number of nitrogens with zero attached hydrogens (tertiary/aromatic N) is 6. The molecular formula is C90H108N6+6. The van der Waals surface area contributed by atoms with Gasteiger partial charge in [-0.15, -0.1) is 0 Å². The number of benzene rings is 6. The lowest BCUT2D eigenvalue weighted by Crippen LogP contribution is -2.30. The standard InChI is InChI=1S/6C15H18N/c2*1-11-8-9-12(2)15(13(11)3)14-7-5-6-10-16(14)4;2*1-11-9-13(3)14(10-12(11)2)15-7-5-6-8-16(15)4;1-11-9-12(2)13(3)14(10-11)15-7-5-6-8-16(15)4;1-11-9-12(2)15(13(3)10-11)14-7-5-6-8-16(14)4/h6*5-10H,1-4H3/q6*+1/i;;1D3;;;. The molecule has 6 heterocycles. The normalized spacial score (nSPS) is 11.1. The average Bonchev–Trinajstić information content (AvgIpc) is 0.836. The molecule has 6 nitrogen and oxygen atoms in total. The summed E-state index contributed by atoms with van der Waals surface area (Å²) >= 11 is 0. The van der Waals surface area contributed by atoms with Crippen LogP contribution < -0.4 is 27.4 Å². The molecule has 6 heteroatoms. The third kappa shape index (κ3) is 18.4. The first-order chi connectivity index (χ1) is 46.8. The second kappa shape index (κ2) is 33.6. The minimum atomic E-state index is -2.05. The van der Waals surface area contributed by atoms with Crippen LogP contribution in [0, 0.1) is 125 Å². The molecule has 492 valence electrons. The van der Waals surface area contributed by atoms with E-state index in [-0.39, 0.29) is 0 Å². The van der Waals surface area contributed by atoms with Crippen LogP contribution in [0.5, 0.6) is 0 Å². The molecule has 0 aliphatic rings. The molecule has 0 N–H and O–H groups in total. The molecule has 0 aliphatic heterocycles. The molecule has 96 heavy (non-hydrogen) atoms. The zero-order valence-electron chi connectivity index (χ0n) is 65.0. The van der Waals surface area contributed by atoms with Crippen molar-refractivity contribution in [1.82, 2.24) is 0 Å². The van der Waals surface area contributed by atoms with Crippen molar-refractivity contribution in [3.63, 3.8) is 0 Å². The SMILES string of the molecule is Cc1cc(C)c(-c2cccc[n+]2C)c(C)c1.Cc1cc(C)c(-c2cccc[n+]2C)cc1C.Cc1cc(C)c(C)c(-c2cccc[n+]2C)c1.Cc1ccc(C)c(-c2cccc[n+]2C)c1C.Cc1ccc(C)c(-c2cccc[n+]2C)c1C.[2H]C([2H])([2H])c1cc(C)c(-c2cccc[n+]2C)cc1C. The summed E-state index contributed by atoms with van der Waals surface area (Å²) in [6.45, 7) is 34.4. The van der Waals surface area contributed by atoms with Gasteiger partial charge < -0.3 is 0 Å². The smallest absolute Gasteiger partial charge is 0.201 e. The van der Waals surface area contributed by atoms with Crippen LogP contribution in [0.15, 0.2) is 219 Å². The van der Waals surface area contributed by atoms with E-state index in [9.17, 15) is 0 Å². The van der Waals surface area contributed by atoms with Crippen LogP contribution >= 0.6 is 0 Å². The minimum absolute atomic E-state index is 0.437. The van der Waals surface area contributed by atoms with Crippen molar-refractivity contribution in [2.75, 3.05) is 0 Å². The van der Waals surface area contributed by atoms with Gasteiger partial charge in [0.15, 0.2) is 37.2 Å². The maximum absolute atomic E-state index is 7.56. The van der Waals surface area contributed by atoms with Crippen LogP contribution in [0.25, 0.3) is 67.5 Å². The highest BCUT2D eigenvalue weighted by Gasteiger charge is 2.20. The van der Waals surface area contributed by atoms with Crippen molar-refractivity contribution in [2.45, 2.75) is 125 Å². The van der Waals surface area contributed by atoms with Gasteiger partial charge >= 0.3 is 0 Å². The van der Waals surface area contributed by atoms with Gasteiger partial charge in [-0.2, -0.15) is 0 Å². The lowest BCUT2D eigenvalue weighted by molar-refractivity contribution is -0.660.